The van der Waals surface area contributed by atoms with Crippen molar-refractivity contribution >= 4 is 23.4 Å². The lowest BCUT2D eigenvalue weighted by Gasteiger charge is -2.36. The number of nitrogens with two attached hydrogens (primary N) is 1. The second-order valence-electron chi connectivity index (χ2n) is 7.95. The normalized spacial score (nSPS) is 15.5. The minimum absolute atomic E-state index is 0.273. The van der Waals surface area contributed by atoms with Gasteiger partial charge in [-0.3, -0.25) is 4.99 Å². The molecule has 29 heavy (non-hydrogen) atoms. The van der Waals surface area contributed by atoms with Gasteiger partial charge in [-0.2, -0.15) is 0 Å². The molecule has 0 spiro atoms. The number of aliphatic imine (C=N–C) groups is 1. The van der Waals surface area contributed by atoms with E-state index in [1.54, 1.807) is 16.2 Å². The summed E-state index contributed by atoms with van der Waals surface area (Å²) in [6.07, 6.45) is 0.479. The van der Waals surface area contributed by atoms with Gasteiger partial charge in [-0.1, -0.05) is 30.3 Å². The maximum atomic E-state index is 12.1. The summed E-state index contributed by atoms with van der Waals surface area (Å²) >= 11 is 1.65. The Balaban J connectivity index is 1.45. The summed E-state index contributed by atoms with van der Waals surface area (Å²) in [5, 5.41) is 3.10. The van der Waals surface area contributed by atoms with E-state index in [9.17, 15) is 4.79 Å². The van der Waals surface area contributed by atoms with Gasteiger partial charge in [0.15, 0.2) is 5.96 Å². The predicted octanol–water partition coefficient (Wildman–Crippen LogP) is 3.22. The third-order valence-electron chi connectivity index (χ3n) is 4.47. The van der Waals surface area contributed by atoms with E-state index in [1.165, 1.54) is 0 Å². The molecule has 8 heteroatoms. The summed E-state index contributed by atoms with van der Waals surface area (Å²) in [5.74, 6) is 0.521. The summed E-state index contributed by atoms with van der Waals surface area (Å²) in [4.78, 5) is 25.1. The zero-order valence-corrected chi connectivity index (χ0v) is 18.1. The van der Waals surface area contributed by atoms with Crippen molar-refractivity contribution in [2.24, 2.45) is 10.7 Å². The number of carbonyl (C=O) groups is 1. The number of aromatic nitrogens is 1. The minimum atomic E-state index is -0.481. The number of guanidine groups is 1. The number of benzene rings is 1. The number of amides is 1. The Bertz CT molecular complexity index is 836. The highest BCUT2D eigenvalue weighted by Crippen LogP contribution is 2.23. The minimum Gasteiger partial charge on any atom is -0.444 e. The highest BCUT2D eigenvalue weighted by Gasteiger charge is 2.26. The van der Waals surface area contributed by atoms with Gasteiger partial charge in [0, 0.05) is 50.1 Å². The van der Waals surface area contributed by atoms with E-state index >= 15 is 0 Å². The fraction of sp³-hybridized carbons (Fsp3) is 0.476. The molecule has 0 saturated carbocycles. The van der Waals surface area contributed by atoms with Crippen molar-refractivity contribution in [2.75, 3.05) is 32.7 Å². The first-order valence-corrected chi connectivity index (χ1v) is 10.7. The predicted molar refractivity (Wildman–Crippen MR) is 117 cm³/mol. The molecule has 2 heterocycles. The Morgan fingerprint density at radius 3 is 2.48 bits per heavy atom. The Morgan fingerprint density at radius 2 is 1.83 bits per heavy atom. The van der Waals surface area contributed by atoms with E-state index in [0.29, 0.717) is 38.7 Å². The summed E-state index contributed by atoms with van der Waals surface area (Å²) < 4.78 is 5.42. The highest BCUT2D eigenvalue weighted by atomic mass is 32.1. The number of piperazine rings is 1. The fourth-order valence-electron chi connectivity index (χ4n) is 2.96. The lowest BCUT2D eigenvalue weighted by atomic mass is 10.2. The molecule has 0 atom stereocenters. The van der Waals surface area contributed by atoms with Crippen molar-refractivity contribution in [3.05, 3.63) is 41.4 Å². The number of thiazole rings is 1. The first-order chi connectivity index (χ1) is 13.8. The monoisotopic (exact) mass is 415 g/mol. The van der Waals surface area contributed by atoms with Gasteiger partial charge in [0.2, 0.25) is 0 Å². The van der Waals surface area contributed by atoms with Crippen molar-refractivity contribution in [2.45, 2.75) is 32.8 Å². The van der Waals surface area contributed by atoms with E-state index in [1.807, 2.05) is 43.9 Å². The highest BCUT2D eigenvalue weighted by molar-refractivity contribution is 7.13. The van der Waals surface area contributed by atoms with Crippen molar-refractivity contribution in [1.82, 2.24) is 14.8 Å². The average Bonchev–Trinajstić information content (AvgIpc) is 3.16. The van der Waals surface area contributed by atoms with Crippen molar-refractivity contribution in [3.8, 4) is 10.6 Å². The molecule has 0 aliphatic carbocycles. The second-order valence-corrected chi connectivity index (χ2v) is 8.81. The van der Waals surface area contributed by atoms with Crippen LogP contribution in [0.25, 0.3) is 10.6 Å². The van der Waals surface area contributed by atoms with Crippen molar-refractivity contribution in [3.63, 3.8) is 0 Å². The Hall–Kier alpha value is -2.61. The summed E-state index contributed by atoms with van der Waals surface area (Å²) in [5.41, 5.74) is 7.84. The number of hydrogen-bond donors (Lipinski definition) is 1. The smallest absolute Gasteiger partial charge is 0.410 e. The topological polar surface area (TPSA) is 84.0 Å². The van der Waals surface area contributed by atoms with E-state index in [0.717, 1.165) is 22.7 Å². The number of nitrogens with zero attached hydrogens (tertiary/aromatic N) is 4. The molecule has 2 aromatic rings. The molecule has 1 aromatic carbocycles. The van der Waals surface area contributed by atoms with Crippen LogP contribution in [-0.2, 0) is 11.2 Å². The van der Waals surface area contributed by atoms with Crippen LogP contribution in [0.5, 0.6) is 0 Å². The Kier molecular flexibility index (Phi) is 6.74. The lowest BCUT2D eigenvalue weighted by Crippen LogP contribution is -2.53. The quantitative estimate of drug-likeness (QED) is 0.612. The van der Waals surface area contributed by atoms with Crippen molar-refractivity contribution in [1.29, 1.82) is 0 Å². The Morgan fingerprint density at radius 1 is 1.17 bits per heavy atom. The number of ether oxygens (including phenoxy) is 1. The van der Waals surface area contributed by atoms with Gasteiger partial charge < -0.3 is 20.3 Å². The van der Waals surface area contributed by atoms with Gasteiger partial charge in [0.1, 0.15) is 10.6 Å². The molecule has 1 saturated heterocycles. The standard InChI is InChI=1S/C21H29N5O2S/c1-21(2,3)28-20(27)26-13-11-25(12-14-26)19(22)23-10-9-17-15-29-18(24-17)16-7-5-4-6-8-16/h4-8,15H,9-14H2,1-3H3,(H2,22,23). The first kappa shape index (κ1) is 21.1. The molecule has 0 bridgehead atoms. The molecule has 156 valence electrons. The van der Waals surface area contributed by atoms with Gasteiger partial charge in [-0.15, -0.1) is 11.3 Å². The van der Waals surface area contributed by atoms with Crippen LogP contribution in [0.4, 0.5) is 4.79 Å². The van der Waals surface area contributed by atoms with Crippen molar-refractivity contribution < 1.29 is 9.53 Å². The van der Waals surface area contributed by atoms with Crippen LogP contribution in [0.15, 0.2) is 40.7 Å². The number of hydrogen-bond acceptors (Lipinski definition) is 5. The molecule has 1 amide bonds. The number of carbonyl (C=O) groups excluding carboxylic acids is 1. The van der Waals surface area contributed by atoms with Crippen LogP contribution in [0.1, 0.15) is 26.5 Å². The molecule has 0 radical (unpaired) electrons. The molecule has 7 nitrogen and oxygen atoms in total. The van der Waals surface area contributed by atoms with E-state index in [4.69, 9.17) is 10.5 Å². The maximum Gasteiger partial charge on any atom is 0.410 e. The third-order valence-corrected chi connectivity index (χ3v) is 5.41. The first-order valence-electron chi connectivity index (χ1n) is 9.84. The Labute approximate surface area is 176 Å². The van der Waals surface area contributed by atoms with Gasteiger partial charge in [0.05, 0.1) is 5.69 Å². The zero-order chi connectivity index (χ0) is 20.9. The SMILES string of the molecule is CC(C)(C)OC(=O)N1CCN(C(N)=NCCc2csc(-c3ccccc3)n2)CC1. The molecule has 3 rings (SSSR count). The average molecular weight is 416 g/mol. The van der Waals surface area contributed by atoms with Crippen LogP contribution >= 0.6 is 11.3 Å². The van der Waals surface area contributed by atoms with Gasteiger partial charge >= 0.3 is 6.09 Å². The zero-order valence-electron chi connectivity index (χ0n) is 17.3. The fourth-order valence-corrected chi connectivity index (χ4v) is 3.83. The third kappa shape index (κ3) is 6.19. The van der Waals surface area contributed by atoms with Gasteiger partial charge in [-0.25, -0.2) is 9.78 Å². The summed E-state index contributed by atoms with van der Waals surface area (Å²) in [6.45, 7) is 8.68. The summed E-state index contributed by atoms with van der Waals surface area (Å²) in [7, 11) is 0. The van der Waals surface area contributed by atoms with E-state index < -0.39 is 5.60 Å². The molecule has 1 fully saturated rings. The van der Waals surface area contributed by atoms with E-state index in [-0.39, 0.29) is 6.09 Å². The molecule has 0 unspecified atom stereocenters. The van der Waals surface area contributed by atoms with Crippen LogP contribution < -0.4 is 5.73 Å². The van der Waals surface area contributed by atoms with Crippen LogP contribution in [0.2, 0.25) is 0 Å². The summed E-state index contributed by atoms with van der Waals surface area (Å²) in [6, 6.07) is 10.2. The van der Waals surface area contributed by atoms with Gasteiger partial charge in [-0.05, 0) is 20.8 Å². The molecular formula is C21H29N5O2S. The molecule has 1 aliphatic rings. The van der Waals surface area contributed by atoms with E-state index in [2.05, 4.69) is 27.5 Å². The maximum absolute atomic E-state index is 12.1. The van der Waals surface area contributed by atoms with Crippen LogP contribution in [0.3, 0.4) is 0 Å². The molecular weight excluding hydrogens is 386 g/mol. The largest absolute Gasteiger partial charge is 0.444 e. The molecule has 2 N–H and O–H groups in total. The molecule has 1 aliphatic heterocycles. The van der Waals surface area contributed by atoms with Crippen LogP contribution in [0, 0.1) is 0 Å². The number of rotatable bonds is 4. The molecule has 1 aromatic heterocycles. The van der Waals surface area contributed by atoms with Gasteiger partial charge in [0.25, 0.3) is 0 Å². The van der Waals surface area contributed by atoms with Crippen LogP contribution in [-0.4, -0.2) is 65.2 Å². The lowest BCUT2D eigenvalue weighted by molar-refractivity contribution is 0.0186. The second kappa shape index (κ2) is 9.26.